The van der Waals surface area contributed by atoms with Gasteiger partial charge in [-0.05, 0) is 12.1 Å². The Kier molecular flexibility index (Phi) is 5.04. The Morgan fingerprint density at radius 2 is 1.58 bits per heavy atom. The maximum atomic E-state index is 10.2. The molecule has 0 saturated carbocycles. The van der Waals surface area contributed by atoms with Gasteiger partial charge in [-0.2, -0.15) is 0 Å². The Balaban J connectivity index is 0.00000208. The number of phenolic OH excluding ortho intramolecular Hbond substituents is 2. The van der Waals surface area contributed by atoms with Crippen LogP contribution in [-0.4, -0.2) is 29.5 Å². The molecule has 0 aliphatic rings. The molecule has 0 aliphatic heterocycles. The highest BCUT2D eigenvalue weighted by Crippen LogP contribution is 2.40. The first-order valence-corrected chi connectivity index (χ1v) is 6.77. The van der Waals surface area contributed by atoms with Gasteiger partial charge in [0.2, 0.25) is 5.75 Å². The molecule has 3 N–H and O–H groups in total. The molecule has 0 bridgehead atoms. The predicted octanol–water partition coefficient (Wildman–Crippen LogP) is 0.519. The van der Waals surface area contributed by atoms with Crippen molar-refractivity contribution in [2.75, 3.05) is 14.2 Å². The lowest BCUT2D eigenvalue weighted by Crippen LogP contribution is -3.00. The molecular formula is C17H15BrO6. The third-order valence-corrected chi connectivity index (χ3v) is 3.50. The van der Waals surface area contributed by atoms with Gasteiger partial charge >= 0.3 is 11.3 Å². The molecule has 0 aliphatic carbocycles. The van der Waals surface area contributed by atoms with Crippen molar-refractivity contribution in [2.45, 2.75) is 0 Å². The second kappa shape index (κ2) is 6.84. The average Bonchev–Trinajstić information content (AvgIpc) is 2.56. The second-order valence-corrected chi connectivity index (χ2v) is 4.91. The molecule has 7 heteroatoms. The smallest absolute Gasteiger partial charge is 0.402 e. The van der Waals surface area contributed by atoms with Crippen molar-refractivity contribution < 1.29 is 46.2 Å². The summed E-state index contributed by atoms with van der Waals surface area (Å²) in [6.07, 6.45) is 0. The van der Waals surface area contributed by atoms with Gasteiger partial charge in [0.25, 0.3) is 0 Å². The molecule has 3 aromatic rings. The highest BCUT2D eigenvalue weighted by Gasteiger charge is 2.25. The summed E-state index contributed by atoms with van der Waals surface area (Å²) in [5, 5.41) is 29.8. The molecule has 0 radical (unpaired) electrons. The van der Waals surface area contributed by atoms with Crippen molar-refractivity contribution in [2.24, 2.45) is 0 Å². The summed E-state index contributed by atoms with van der Waals surface area (Å²) in [4.78, 5) is 0. The molecule has 2 aromatic carbocycles. The molecule has 24 heavy (non-hydrogen) atoms. The molecule has 6 nitrogen and oxygen atoms in total. The molecule has 0 atom stereocenters. The van der Waals surface area contributed by atoms with Crippen LogP contribution in [0, 0.1) is 0 Å². The van der Waals surface area contributed by atoms with E-state index in [1.165, 1.54) is 38.5 Å². The van der Waals surface area contributed by atoms with Gasteiger partial charge in [0.1, 0.15) is 16.9 Å². The molecule has 1 heterocycles. The van der Waals surface area contributed by atoms with Crippen LogP contribution >= 0.6 is 0 Å². The summed E-state index contributed by atoms with van der Waals surface area (Å²) in [6, 6.07) is 9.00. The first-order chi connectivity index (χ1) is 11.0. The molecular weight excluding hydrogens is 380 g/mol. The highest BCUT2D eigenvalue weighted by atomic mass is 79.9. The zero-order valence-electron chi connectivity index (χ0n) is 12.9. The minimum atomic E-state index is -0.305. The predicted molar refractivity (Wildman–Crippen MR) is 84.2 cm³/mol. The van der Waals surface area contributed by atoms with Crippen LogP contribution in [0.4, 0.5) is 0 Å². The van der Waals surface area contributed by atoms with E-state index in [0.717, 1.165) is 0 Å². The van der Waals surface area contributed by atoms with Crippen LogP contribution in [0.15, 0.2) is 40.8 Å². The summed E-state index contributed by atoms with van der Waals surface area (Å²) in [5.41, 5.74) is 0.864. The van der Waals surface area contributed by atoms with Crippen molar-refractivity contribution in [1.82, 2.24) is 0 Å². The van der Waals surface area contributed by atoms with E-state index < -0.39 is 0 Å². The quantitative estimate of drug-likeness (QED) is 0.443. The van der Waals surface area contributed by atoms with Crippen molar-refractivity contribution in [1.29, 1.82) is 0 Å². The highest BCUT2D eigenvalue weighted by molar-refractivity contribution is 5.88. The van der Waals surface area contributed by atoms with Crippen LogP contribution < -0.4 is 26.5 Å². The largest absolute Gasteiger partial charge is 1.00 e. The number of phenols is 2. The van der Waals surface area contributed by atoms with E-state index in [0.29, 0.717) is 28.0 Å². The van der Waals surface area contributed by atoms with Gasteiger partial charge in [-0.15, -0.1) is 0 Å². The first-order valence-electron chi connectivity index (χ1n) is 6.77. The Morgan fingerprint density at radius 1 is 0.833 bits per heavy atom. The minimum Gasteiger partial charge on any atom is -1.00 e. The van der Waals surface area contributed by atoms with Gasteiger partial charge in [-0.1, -0.05) is 0 Å². The second-order valence-electron chi connectivity index (χ2n) is 4.91. The van der Waals surface area contributed by atoms with Crippen molar-refractivity contribution >= 4 is 11.0 Å². The Labute approximate surface area is 148 Å². The molecule has 0 fully saturated rings. The standard InChI is InChI=1S/C17H14O6.BrH/c1-21-10-6-15(22-2)11-8-14(20)17(23-16(11)7-10)9-3-4-12(18)13(19)5-9;/h3-8H,1-2H3,(H2-,18,19,20);1H. The van der Waals surface area contributed by atoms with Gasteiger partial charge in [0, 0.05) is 18.2 Å². The maximum absolute atomic E-state index is 10.2. The van der Waals surface area contributed by atoms with E-state index in [4.69, 9.17) is 13.9 Å². The van der Waals surface area contributed by atoms with Crippen molar-refractivity contribution in [3.05, 3.63) is 36.4 Å². The van der Waals surface area contributed by atoms with Crippen LogP contribution in [0.1, 0.15) is 0 Å². The van der Waals surface area contributed by atoms with Crippen molar-refractivity contribution in [3.8, 4) is 40.1 Å². The monoisotopic (exact) mass is 394 g/mol. The lowest BCUT2D eigenvalue weighted by atomic mass is 10.1. The van der Waals surface area contributed by atoms with Gasteiger partial charge < -0.3 is 41.8 Å². The summed E-state index contributed by atoms with van der Waals surface area (Å²) < 4.78 is 16.2. The Hall–Kier alpha value is -2.67. The molecule has 0 spiro atoms. The van der Waals surface area contributed by atoms with E-state index in [1.807, 2.05) is 0 Å². The number of hydrogen-bond acceptors (Lipinski definition) is 5. The first kappa shape index (κ1) is 17.7. The van der Waals surface area contributed by atoms with E-state index in [-0.39, 0.29) is 40.0 Å². The topological polar surface area (TPSA) is 90.5 Å². The fraction of sp³-hybridized carbons (Fsp3) is 0.118. The number of hydrogen-bond donors (Lipinski definition) is 3. The maximum Gasteiger partial charge on any atom is 0.402 e. The number of fused-ring (bicyclic) bond motifs is 1. The lowest BCUT2D eigenvalue weighted by molar-refractivity contribution is -0.00000838. The number of methoxy groups -OCH3 is 2. The number of benzene rings is 2. The summed E-state index contributed by atoms with van der Waals surface area (Å²) in [7, 11) is 3.04. The zero-order valence-corrected chi connectivity index (χ0v) is 14.5. The summed E-state index contributed by atoms with van der Waals surface area (Å²) in [6.45, 7) is 0. The Morgan fingerprint density at radius 3 is 2.21 bits per heavy atom. The SMILES string of the molecule is COc1cc(OC)c2cc(O)c(-c3ccc(O)c(O)c3)[o+]c2c1.[Br-]. The van der Waals surface area contributed by atoms with E-state index >= 15 is 0 Å². The van der Waals surface area contributed by atoms with Crippen molar-refractivity contribution in [3.63, 3.8) is 0 Å². The van der Waals surface area contributed by atoms with Crippen LogP contribution in [0.5, 0.6) is 28.7 Å². The molecule has 3 rings (SSSR count). The van der Waals surface area contributed by atoms with Crippen LogP contribution in [0.3, 0.4) is 0 Å². The molecule has 0 amide bonds. The van der Waals surface area contributed by atoms with E-state index in [9.17, 15) is 15.3 Å². The van der Waals surface area contributed by atoms with Gasteiger partial charge in [0.05, 0.1) is 25.8 Å². The lowest BCUT2D eigenvalue weighted by Gasteiger charge is -2.05. The molecule has 0 unspecified atom stereocenters. The van der Waals surface area contributed by atoms with E-state index in [2.05, 4.69) is 0 Å². The number of rotatable bonds is 3. The molecule has 0 saturated heterocycles. The number of halogens is 1. The fourth-order valence-corrected chi connectivity index (χ4v) is 2.33. The average molecular weight is 395 g/mol. The summed E-state index contributed by atoms with van der Waals surface area (Å²) in [5.74, 6) is 0.522. The van der Waals surface area contributed by atoms with Gasteiger partial charge in [-0.25, -0.2) is 4.42 Å². The van der Waals surface area contributed by atoms with Crippen LogP contribution in [0.2, 0.25) is 0 Å². The Bertz CT molecular complexity index is 894. The number of aromatic hydroxyl groups is 3. The summed E-state index contributed by atoms with van der Waals surface area (Å²) >= 11 is 0. The van der Waals surface area contributed by atoms with Gasteiger partial charge in [-0.3, -0.25) is 0 Å². The van der Waals surface area contributed by atoms with E-state index in [1.54, 1.807) is 12.1 Å². The third-order valence-electron chi connectivity index (χ3n) is 3.50. The molecule has 126 valence electrons. The van der Waals surface area contributed by atoms with Crippen LogP contribution in [0.25, 0.3) is 22.3 Å². The minimum absolute atomic E-state index is 0. The zero-order chi connectivity index (χ0) is 16.6. The normalized spacial score (nSPS) is 10.2. The molecule has 1 aromatic heterocycles. The number of ether oxygens (including phenoxy) is 2. The third kappa shape index (κ3) is 3.03. The van der Waals surface area contributed by atoms with Gasteiger partial charge in [0.15, 0.2) is 11.5 Å². The van der Waals surface area contributed by atoms with Crippen LogP contribution in [-0.2, 0) is 0 Å². The fourth-order valence-electron chi connectivity index (χ4n) is 2.33.